The molecule has 0 fully saturated rings. The number of anilines is 1. The number of rotatable bonds is 4. The molecular weight excluding hydrogens is 460 g/mol. The molecule has 2 amide bonds. The SMILES string of the molecule is COc1ccc(/C(=N/C(C)C)N2CCCc3cc(C4=NN(C(C)=O)C(=O)SC4(C)C)ccc32)cc1. The molecule has 184 valence electrons. The molecule has 2 aromatic rings. The second kappa shape index (κ2) is 9.85. The number of ether oxygens (including phenoxy) is 1. The molecule has 35 heavy (non-hydrogen) atoms. The number of imide groups is 1. The Morgan fingerprint density at radius 1 is 1.17 bits per heavy atom. The lowest BCUT2D eigenvalue weighted by molar-refractivity contribution is -0.125. The Hall–Kier alpha value is -3.13. The van der Waals surface area contributed by atoms with E-state index < -0.39 is 4.75 Å². The predicted octanol–water partition coefficient (Wildman–Crippen LogP) is 5.50. The molecule has 0 radical (unpaired) electrons. The van der Waals surface area contributed by atoms with Gasteiger partial charge in [0, 0.05) is 30.8 Å². The van der Waals surface area contributed by atoms with Gasteiger partial charge < -0.3 is 9.64 Å². The lowest BCUT2D eigenvalue weighted by atomic mass is 9.93. The number of thioether (sulfide) groups is 1. The first-order valence-electron chi connectivity index (χ1n) is 11.9. The number of hydrogen-bond donors (Lipinski definition) is 0. The number of methoxy groups -OCH3 is 1. The van der Waals surface area contributed by atoms with E-state index in [1.807, 2.05) is 44.2 Å². The van der Waals surface area contributed by atoms with Gasteiger partial charge in [0.05, 0.1) is 17.6 Å². The van der Waals surface area contributed by atoms with Crippen LogP contribution in [0.1, 0.15) is 57.7 Å². The van der Waals surface area contributed by atoms with E-state index in [4.69, 9.17) is 9.73 Å². The van der Waals surface area contributed by atoms with Gasteiger partial charge in [-0.15, -0.1) is 0 Å². The normalized spacial score (nSPS) is 17.9. The summed E-state index contributed by atoms with van der Waals surface area (Å²) in [6, 6.07) is 14.5. The Bertz CT molecular complexity index is 1200. The number of carbonyl (C=O) groups excluding carboxylic acids is 2. The number of aryl methyl sites for hydroxylation is 1. The van der Waals surface area contributed by atoms with Crippen molar-refractivity contribution in [2.45, 2.75) is 58.2 Å². The number of hydrazone groups is 1. The average Bonchev–Trinajstić information content (AvgIpc) is 2.81. The maximum absolute atomic E-state index is 12.4. The first kappa shape index (κ1) is 25.0. The Balaban J connectivity index is 1.75. The van der Waals surface area contributed by atoms with Crippen molar-refractivity contribution in [3.8, 4) is 5.75 Å². The molecular formula is C27H32N4O3S. The molecule has 0 N–H and O–H groups in total. The summed E-state index contributed by atoms with van der Waals surface area (Å²) in [4.78, 5) is 31.6. The second-order valence-electron chi connectivity index (χ2n) is 9.53. The number of benzene rings is 2. The fraction of sp³-hybridized carbons (Fsp3) is 0.407. The van der Waals surface area contributed by atoms with Crippen LogP contribution in [0.3, 0.4) is 0 Å². The largest absolute Gasteiger partial charge is 0.497 e. The van der Waals surface area contributed by atoms with E-state index in [9.17, 15) is 9.59 Å². The highest BCUT2D eigenvalue weighted by Crippen LogP contribution is 2.38. The third kappa shape index (κ3) is 5.12. The van der Waals surface area contributed by atoms with Crippen LogP contribution in [0.2, 0.25) is 0 Å². The van der Waals surface area contributed by atoms with Crippen molar-refractivity contribution in [3.63, 3.8) is 0 Å². The molecule has 0 unspecified atom stereocenters. The molecule has 4 rings (SSSR count). The smallest absolute Gasteiger partial charge is 0.309 e. The summed E-state index contributed by atoms with van der Waals surface area (Å²) in [5.41, 5.74) is 5.02. The van der Waals surface area contributed by atoms with Crippen molar-refractivity contribution in [2.24, 2.45) is 10.1 Å². The summed E-state index contributed by atoms with van der Waals surface area (Å²) in [5, 5.41) is 5.10. The molecule has 2 aromatic carbocycles. The lowest BCUT2D eigenvalue weighted by Crippen LogP contribution is -2.43. The summed E-state index contributed by atoms with van der Waals surface area (Å²) in [6.45, 7) is 10.3. The average molecular weight is 493 g/mol. The van der Waals surface area contributed by atoms with Gasteiger partial charge in [-0.1, -0.05) is 6.07 Å². The van der Waals surface area contributed by atoms with Crippen molar-refractivity contribution in [2.75, 3.05) is 18.6 Å². The van der Waals surface area contributed by atoms with Crippen LogP contribution in [0.25, 0.3) is 0 Å². The van der Waals surface area contributed by atoms with Crippen LogP contribution < -0.4 is 9.64 Å². The van der Waals surface area contributed by atoms with Gasteiger partial charge in [0.2, 0.25) is 5.91 Å². The highest BCUT2D eigenvalue weighted by atomic mass is 32.2. The van der Waals surface area contributed by atoms with Gasteiger partial charge in [-0.3, -0.25) is 14.6 Å². The minimum atomic E-state index is -0.543. The zero-order valence-corrected chi connectivity index (χ0v) is 22.0. The first-order valence-corrected chi connectivity index (χ1v) is 12.7. The summed E-state index contributed by atoms with van der Waals surface area (Å²) in [6.07, 6.45) is 1.93. The van der Waals surface area contributed by atoms with Crippen LogP contribution in [0.5, 0.6) is 5.75 Å². The molecule has 0 aliphatic carbocycles. The predicted molar refractivity (Wildman–Crippen MR) is 143 cm³/mol. The Morgan fingerprint density at radius 2 is 1.89 bits per heavy atom. The van der Waals surface area contributed by atoms with Crippen LogP contribution in [-0.2, 0) is 11.2 Å². The van der Waals surface area contributed by atoms with E-state index in [2.05, 4.69) is 36.0 Å². The van der Waals surface area contributed by atoms with E-state index in [0.29, 0.717) is 0 Å². The van der Waals surface area contributed by atoms with E-state index in [1.165, 1.54) is 12.5 Å². The Morgan fingerprint density at radius 3 is 2.51 bits per heavy atom. The van der Waals surface area contributed by atoms with Gasteiger partial charge in [0.1, 0.15) is 11.6 Å². The van der Waals surface area contributed by atoms with Crippen molar-refractivity contribution in [1.29, 1.82) is 0 Å². The zero-order valence-electron chi connectivity index (χ0n) is 21.2. The fourth-order valence-corrected chi connectivity index (χ4v) is 5.37. The summed E-state index contributed by atoms with van der Waals surface area (Å²) in [5.74, 6) is 1.37. The lowest BCUT2D eigenvalue weighted by Gasteiger charge is -2.35. The topological polar surface area (TPSA) is 74.6 Å². The van der Waals surface area contributed by atoms with Crippen LogP contribution in [0.4, 0.5) is 10.5 Å². The molecule has 0 atom stereocenters. The van der Waals surface area contributed by atoms with E-state index in [-0.39, 0.29) is 17.2 Å². The molecule has 0 bridgehead atoms. The number of aliphatic imine (C=N–C) groups is 1. The van der Waals surface area contributed by atoms with Gasteiger partial charge in [0.25, 0.3) is 0 Å². The molecule has 7 nitrogen and oxygen atoms in total. The molecule has 0 saturated heterocycles. The first-order chi connectivity index (χ1) is 16.6. The highest BCUT2D eigenvalue weighted by molar-refractivity contribution is 8.15. The number of carbonyl (C=O) groups is 2. The highest BCUT2D eigenvalue weighted by Gasteiger charge is 2.39. The van der Waals surface area contributed by atoms with Crippen LogP contribution in [0.15, 0.2) is 52.6 Å². The number of fused-ring (bicyclic) bond motifs is 1. The van der Waals surface area contributed by atoms with E-state index in [0.717, 1.165) is 70.3 Å². The van der Waals surface area contributed by atoms with Gasteiger partial charge in [-0.25, -0.2) is 0 Å². The molecule has 0 saturated carbocycles. The molecule has 2 aliphatic rings. The number of nitrogens with zero attached hydrogens (tertiary/aromatic N) is 4. The number of amides is 2. The van der Waals surface area contributed by atoms with Crippen molar-refractivity contribution < 1.29 is 14.3 Å². The Kier molecular flexibility index (Phi) is 7.03. The fourth-order valence-electron chi connectivity index (χ4n) is 4.42. The summed E-state index contributed by atoms with van der Waals surface area (Å²) < 4.78 is 4.79. The monoisotopic (exact) mass is 492 g/mol. The minimum Gasteiger partial charge on any atom is -0.497 e. The van der Waals surface area contributed by atoms with Gasteiger partial charge in [-0.2, -0.15) is 10.1 Å². The van der Waals surface area contributed by atoms with Gasteiger partial charge >= 0.3 is 5.24 Å². The maximum atomic E-state index is 12.4. The maximum Gasteiger partial charge on any atom is 0.309 e. The van der Waals surface area contributed by atoms with E-state index in [1.54, 1.807) is 7.11 Å². The summed E-state index contributed by atoms with van der Waals surface area (Å²) in [7, 11) is 1.67. The van der Waals surface area contributed by atoms with E-state index >= 15 is 0 Å². The number of amidine groups is 1. The second-order valence-corrected chi connectivity index (χ2v) is 11.1. The van der Waals surface area contributed by atoms with Crippen LogP contribution in [-0.4, -0.2) is 52.1 Å². The Labute approximate surface area is 211 Å². The van der Waals surface area contributed by atoms with Crippen LogP contribution in [0, 0.1) is 0 Å². The molecule has 2 aliphatic heterocycles. The standard InChI is InChI=1S/C27H32N4O3S/c1-17(2)28-25(19-9-12-22(34-6)13-10-19)30-15-7-8-20-16-21(11-14-23(20)30)24-27(4,5)35-26(33)31(29-24)18(3)32/h9-14,16-17H,7-8,15H2,1-6H3/b28-25-. The molecule has 2 heterocycles. The zero-order chi connectivity index (χ0) is 25.3. The molecule has 0 spiro atoms. The van der Waals surface area contributed by atoms with Crippen molar-refractivity contribution >= 4 is 40.1 Å². The molecule has 0 aromatic heterocycles. The van der Waals surface area contributed by atoms with Crippen molar-refractivity contribution in [1.82, 2.24) is 5.01 Å². The molecule has 8 heteroatoms. The van der Waals surface area contributed by atoms with Crippen molar-refractivity contribution in [3.05, 3.63) is 59.2 Å². The third-order valence-electron chi connectivity index (χ3n) is 6.04. The van der Waals surface area contributed by atoms with Crippen LogP contribution >= 0.6 is 11.8 Å². The quantitative estimate of drug-likeness (QED) is 0.416. The third-order valence-corrected chi connectivity index (χ3v) is 7.09. The van der Waals surface area contributed by atoms with Gasteiger partial charge in [-0.05, 0) is 99.8 Å². The number of hydrogen-bond acceptors (Lipinski definition) is 6. The summed E-state index contributed by atoms with van der Waals surface area (Å²) >= 11 is 1.13. The van der Waals surface area contributed by atoms with Gasteiger partial charge in [0.15, 0.2) is 0 Å². The minimum absolute atomic E-state index is 0.140.